The summed E-state index contributed by atoms with van der Waals surface area (Å²) >= 11 is 3.55. The summed E-state index contributed by atoms with van der Waals surface area (Å²) in [6.45, 7) is 0. The van der Waals surface area contributed by atoms with Crippen molar-refractivity contribution in [3.63, 3.8) is 0 Å². The van der Waals surface area contributed by atoms with E-state index in [1.54, 1.807) is 0 Å². The molecule has 0 atom stereocenters. The average molecular weight is 480 g/mol. The number of hydrogen-bond acceptors (Lipinski definition) is 4. The highest BCUT2D eigenvalue weighted by Crippen LogP contribution is 2.31. The maximum Gasteiger partial charge on any atom is 0.228 e. The number of aromatic nitrogens is 2. The fraction of sp³-hybridized carbons (Fsp3) is 0. The summed E-state index contributed by atoms with van der Waals surface area (Å²) in [5.41, 5.74) is 4.50. The van der Waals surface area contributed by atoms with Crippen molar-refractivity contribution in [2.75, 3.05) is 5.32 Å². The number of anilines is 2. The van der Waals surface area contributed by atoms with Crippen molar-refractivity contribution in [3.05, 3.63) is 119 Å². The van der Waals surface area contributed by atoms with Crippen LogP contribution in [0.3, 0.4) is 0 Å². The van der Waals surface area contributed by atoms with Crippen molar-refractivity contribution in [1.82, 2.24) is 9.97 Å². The maximum absolute atomic E-state index is 13.1. The highest BCUT2D eigenvalue weighted by molar-refractivity contribution is 9.10. The molecule has 5 aromatic rings. The molecule has 32 heavy (non-hydrogen) atoms. The van der Waals surface area contributed by atoms with Crippen LogP contribution in [0.1, 0.15) is 15.9 Å². The number of ketones is 1. The van der Waals surface area contributed by atoms with E-state index in [0.717, 1.165) is 26.6 Å². The number of halogens is 1. The molecule has 0 amide bonds. The Balaban J connectivity index is 1.60. The summed E-state index contributed by atoms with van der Waals surface area (Å²) in [6, 6.07) is 32.6. The monoisotopic (exact) mass is 479 g/mol. The zero-order valence-corrected chi connectivity index (χ0v) is 18.6. The van der Waals surface area contributed by atoms with Crippen molar-refractivity contribution >= 4 is 44.3 Å². The number of para-hydroxylation sites is 1. The highest BCUT2D eigenvalue weighted by Gasteiger charge is 2.15. The lowest BCUT2D eigenvalue weighted by Gasteiger charge is -2.13. The number of benzene rings is 4. The SMILES string of the molecule is O=C(c1ccccc1)c1ccccc1Nc1nc(-c2ccccc2)c2cc(Br)ccc2n1. The summed E-state index contributed by atoms with van der Waals surface area (Å²) in [5, 5.41) is 4.23. The van der Waals surface area contributed by atoms with Gasteiger partial charge in [0.1, 0.15) is 0 Å². The Morgan fingerprint density at radius 2 is 1.44 bits per heavy atom. The molecule has 5 heteroatoms. The Labute approximate surface area is 194 Å². The van der Waals surface area contributed by atoms with Gasteiger partial charge < -0.3 is 5.32 Å². The van der Waals surface area contributed by atoms with E-state index in [1.165, 1.54) is 0 Å². The van der Waals surface area contributed by atoms with Crippen LogP contribution < -0.4 is 5.32 Å². The third-order valence-corrected chi connectivity index (χ3v) is 5.65. The minimum Gasteiger partial charge on any atom is -0.323 e. The Morgan fingerprint density at radius 3 is 2.22 bits per heavy atom. The lowest BCUT2D eigenvalue weighted by molar-refractivity contribution is 0.103. The van der Waals surface area contributed by atoms with Crippen molar-refractivity contribution in [3.8, 4) is 11.3 Å². The molecule has 0 aliphatic heterocycles. The first-order valence-electron chi connectivity index (χ1n) is 10.2. The molecule has 0 saturated heterocycles. The van der Waals surface area contributed by atoms with E-state index in [9.17, 15) is 4.79 Å². The third-order valence-electron chi connectivity index (χ3n) is 5.16. The summed E-state index contributed by atoms with van der Waals surface area (Å²) in [5.74, 6) is 0.383. The van der Waals surface area contributed by atoms with Gasteiger partial charge in [-0.15, -0.1) is 0 Å². The minimum atomic E-state index is -0.0540. The molecular weight excluding hydrogens is 462 g/mol. The molecule has 0 aliphatic carbocycles. The van der Waals surface area contributed by atoms with Crippen LogP contribution in [0.15, 0.2) is 108 Å². The van der Waals surface area contributed by atoms with E-state index in [4.69, 9.17) is 9.97 Å². The smallest absolute Gasteiger partial charge is 0.228 e. The Bertz CT molecular complexity index is 1420. The second-order valence-electron chi connectivity index (χ2n) is 7.29. The van der Waals surface area contributed by atoms with Crippen LogP contribution in [0.25, 0.3) is 22.2 Å². The van der Waals surface area contributed by atoms with E-state index in [1.807, 2.05) is 103 Å². The van der Waals surface area contributed by atoms with Gasteiger partial charge in [-0.2, -0.15) is 0 Å². The van der Waals surface area contributed by atoms with E-state index < -0.39 is 0 Å². The van der Waals surface area contributed by atoms with Gasteiger partial charge in [0.25, 0.3) is 0 Å². The molecule has 0 spiro atoms. The van der Waals surface area contributed by atoms with E-state index in [2.05, 4.69) is 21.2 Å². The van der Waals surface area contributed by atoms with Crippen LogP contribution in [0.5, 0.6) is 0 Å². The highest BCUT2D eigenvalue weighted by atomic mass is 79.9. The normalized spacial score (nSPS) is 10.8. The number of fused-ring (bicyclic) bond motifs is 1. The number of nitrogens with zero attached hydrogens (tertiary/aromatic N) is 2. The first-order chi connectivity index (χ1) is 15.7. The molecule has 0 aliphatic rings. The van der Waals surface area contributed by atoms with E-state index in [-0.39, 0.29) is 5.78 Å². The number of hydrogen-bond donors (Lipinski definition) is 1. The summed E-state index contributed by atoms with van der Waals surface area (Å²) in [6.07, 6.45) is 0. The number of nitrogens with one attached hydrogen (secondary N) is 1. The summed E-state index contributed by atoms with van der Waals surface area (Å²) < 4.78 is 0.963. The predicted molar refractivity (Wildman–Crippen MR) is 132 cm³/mol. The van der Waals surface area contributed by atoms with Crippen LogP contribution in [-0.4, -0.2) is 15.8 Å². The van der Waals surface area contributed by atoms with Gasteiger partial charge >= 0.3 is 0 Å². The van der Waals surface area contributed by atoms with Crippen LogP contribution in [-0.2, 0) is 0 Å². The van der Waals surface area contributed by atoms with E-state index >= 15 is 0 Å². The quantitative estimate of drug-likeness (QED) is 0.274. The molecule has 1 aromatic heterocycles. The van der Waals surface area contributed by atoms with Gasteiger partial charge in [-0.25, -0.2) is 9.97 Å². The topological polar surface area (TPSA) is 54.9 Å². The van der Waals surface area contributed by atoms with Crippen LogP contribution >= 0.6 is 15.9 Å². The van der Waals surface area contributed by atoms with Gasteiger partial charge in [0.05, 0.1) is 16.9 Å². The molecule has 154 valence electrons. The molecular formula is C27H18BrN3O. The second kappa shape index (κ2) is 8.73. The molecule has 0 bridgehead atoms. The zero-order valence-electron chi connectivity index (χ0n) is 17.0. The molecule has 1 N–H and O–H groups in total. The van der Waals surface area contributed by atoms with Crippen molar-refractivity contribution < 1.29 is 4.79 Å². The molecule has 4 aromatic carbocycles. The Hall–Kier alpha value is -3.83. The van der Waals surface area contributed by atoms with Crippen LogP contribution in [0, 0.1) is 0 Å². The van der Waals surface area contributed by atoms with Crippen molar-refractivity contribution in [2.24, 2.45) is 0 Å². The molecule has 5 rings (SSSR count). The first-order valence-corrected chi connectivity index (χ1v) is 11.0. The van der Waals surface area contributed by atoms with Gasteiger partial charge in [-0.1, -0.05) is 88.7 Å². The van der Waals surface area contributed by atoms with Gasteiger partial charge in [-0.05, 0) is 30.3 Å². The van der Waals surface area contributed by atoms with Gasteiger partial charge in [-0.3, -0.25) is 4.79 Å². The minimum absolute atomic E-state index is 0.0540. The molecule has 0 saturated carbocycles. The van der Waals surface area contributed by atoms with E-state index in [0.29, 0.717) is 22.8 Å². The summed E-state index contributed by atoms with van der Waals surface area (Å²) in [7, 11) is 0. The molecule has 0 radical (unpaired) electrons. The molecule has 4 nitrogen and oxygen atoms in total. The van der Waals surface area contributed by atoms with Gasteiger partial charge in [0, 0.05) is 26.5 Å². The Morgan fingerprint density at radius 1 is 0.750 bits per heavy atom. The lowest BCUT2D eigenvalue weighted by Crippen LogP contribution is -2.07. The predicted octanol–water partition coefficient (Wildman–Crippen LogP) is 7.03. The van der Waals surface area contributed by atoms with Crippen molar-refractivity contribution in [2.45, 2.75) is 0 Å². The van der Waals surface area contributed by atoms with Gasteiger partial charge in [0.15, 0.2) is 5.78 Å². The second-order valence-corrected chi connectivity index (χ2v) is 8.20. The fourth-order valence-corrected chi connectivity index (χ4v) is 3.99. The number of carbonyl (C=O) groups is 1. The third kappa shape index (κ3) is 4.03. The molecule has 0 fully saturated rings. The number of carbonyl (C=O) groups excluding carboxylic acids is 1. The lowest BCUT2D eigenvalue weighted by atomic mass is 10.0. The first kappa shape index (κ1) is 20.1. The van der Waals surface area contributed by atoms with Crippen molar-refractivity contribution in [1.29, 1.82) is 0 Å². The fourth-order valence-electron chi connectivity index (χ4n) is 3.63. The number of rotatable bonds is 5. The zero-order chi connectivity index (χ0) is 21.9. The average Bonchev–Trinajstić information content (AvgIpc) is 2.85. The van der Waals surface area contributed by atoms with Gasteiger partial charge in [0.2, 0.25) is 5.95 Å². The molecule has 0 unspecified atom stereocenters. The summed E-state index contributed by atoms with van der Waals surface area (Å²) in [4.78, 5) is 22.7. The van der Waals surface area contributed by atoms with Crippen LogP contribution in [0.4, 0.5) is 11.6 Å². The molecule has 1 heterocycles. The van der Waals surface area contributed by atoms with Crippen LogP contribution in [0.2, 0.25) is 0 Å². The Kier molecular flexibility index (Phi) is 5.48. The maximum atomic E-state index is 13.1. The largest absolute Gasteiger partial charge is 0.323 e. The standard InChI is InChI=1S/C27H18BrN3O/c28-20-15-16-24-22(17-20)25(18-9-3-1-4-10-18)31-27(30-24)29-23-14-8-7-13-21(23)26(32)19-11-5-2-6-12-19/h1-17H,(H,29,30,31).